The van der Waals surface area contributed by atoms with Gasteiger partial charge in [-0.3, -0.25) is 9.59 Å². The van der Waals surface area contributed by atoms with Crippen LogP contribution in [-0.2, 0) is 33.3 Å². The molecule has 0 atom stereocenters. The summed E-state index contributed by atoms with van der Waals surface area (Å²) in [6.45, 7) is 7.14. The van der Waals surface area contributed by atoms with Gasteiger partial charge in [0.05, 0.1) is 66.1 Å². The van der Waals surface area contributed by atoms with Crippen LogP contribution < -0.4 is 10.6 Å². The van der Waals surface area contributed by atoms with Gasteiger partial charge in [-0.2, -0.15) is 0 Å². The molecule has 0 radical (unpaired) electrons. The summed E-state index contributed by atoms with van der Waals surface area (Å²) in [4.78, 5) is 22.1. The lowest BCUT2D eigenvalue weighted by Crippen LogP contribution is -2.24. The fourth-order valence-corrected chi connectivity index (χ4v) is 1.72. The van der Waals surface area contributed by atoms with Gasteiger partial charge < -0.3 is 34.3 Å². The summed E-state index contributed by atoms with van der Waals surface area (Å²) < 4.78 is 26.6. The molecule has 0 fully saturated rings. The molecule has 26 heavy (non-hydrogen) atoms. The van der Waals surface area contributed by atoms with Crippen LogP contribution in [0, 0.1) is 0 Å². The van der Waals surface area contributed by atoms with Crippen molar-refractivity contribution in [2.75, 3.05) is 79.7 Å². The first kappa shape index (κ1) is 24.7. The van der Waals surface area contributed by atoms with Crippen molar-refractivity contribution in [1.82, 2.24) is 10.6 Å². The molecule has 0 aromatic rings. The quantitative estimate of drug-likeness (QED) is 0.298. The highest BCUT2D eigenvalue weighted by molar-refractivity contribution is 5.76. The molecule has 9 nitrogen and oxygen atoms in total. The number of carbonyl (C=O) groups is 2. The first-order valence-corrected chi connectivity index (χ1v) is 9.06. The predicted octanol–water partition coefficient (Wildman–Crippen LogP) is -0.268. The summed E-state index contributed by atoms with van der Waals surface area (Å²) in [5, 5.41) is 5.23. The van der Waals surface area contributed by atoms with Crippen LogP contribution in [0.4, 0.5) is 0 Å². The van der Waals surface area contributed by atoms with Gasteiger partial charge >= 0.3 is 0 Å². The van der Waals surface area contributed by atoms with Gasteiger partial charge in [0.15, 0.2) is 0 Å². The number of hydrogen-bond acceptors (Lipinski definition) is 7. The number of nitrogens with one attached hydrogen (secondary N) is 2. The normalized spacial score (nSPS) is 10.7. The zero-order valence-electron chi connectivity index (χ0n) is 16.1. The molecule has 0 rings (SSSR count). The van der Waals surface area contributed by atoms with Gasteiger partial charge in [0.25, 0.3) is 0 Å². The fraction of sp³-hybridized carbons (Fsp3) is 0.882. The zero-order valence-corrected chi connectivity index (χ0v) is 16.1. The van der Waals surface area contributed by atoms with Crippen LogP contribution >= 0.6 is 0 Å². The highest BCUT2D eigenvalue weighted by Gasteiger charge is 1.99. The lowest BCUT2D eigenvalue weighted by Gasteiger charge is -2.08. The lowest BCUT2D eigenvalue weighted by molar-refractivity contribution is -0.122. The van der Waals surface area contributed by atoms with Crippen LogP contribution in [0.2, 0.25) is 0 Å². The molecule has 154 valence electrons. The van der Waals surface area contributed by atoms with Crippen LogP contribution in [0.1, 0.15) is 19.8 Å². The van der Waals surface area contributed by atoms with E-state index >= 15 is 0 Å². The van der Waals surface area contributed by atoms with Crippen LogP contribution in [0.3, 0.4) is 0 Å². The highest BCUT2D eigenvalue weighted by atomic mass is 16.6. The van der Waals surface area contributed by atoms with Gasteiger partial charge in [-0.05, 0) is 6.92 Å². The minimum absolute atomic E-state index is 0.000468. The molecule has 0 heterocycles. The van der Waals surface area contributed by atoms with Gasteiger partial charge in [0, 0.05) is 26.4 Å². The van der Waals surface area contributed by atoms with Crippen molar-refractivity contribution >= 4 is 11.8 Å². The number of carbonyl (C=O) groups excluding carboxylic acids is 2. The Bertz CT molecular complexity index is 343. The molecule has 0 saturated heterocycles. The molecule has 0 aliphatic carbocycles. The molecule has 0 aliphatic rings. The number of amides is 2. The van der Waals surface area contributed by atoms with E-state index in [-0.39, 0.29) is 11.8 Å². The molecule has 2 amide bonds. The smallest absolute Gasteiger partial charge is 0.222 e. The van der Waals surface area contributed by atoms with Crippen LogP contribution in [0.25, 0.3) is 0 Å². The monoisotopic (exact) mass is 378 g/mol. The van der Waals surface area contributed by atoms with E-state index < -0.39 is 0 Å². The Morgan fingerprint density at radius 2 is 0.962 bits per heavy atom. The summed E-state index contributed by atoms with van der Waals surface area (Å²) in [7, 11) is 1.60. The largest absolute Gasteiger partial charge is 0.379 e. The van der Waals surface area contributed by atoms with Gasteiger partial charge in [0.2, 0.25) is 11.8 Å². The molecule has 0 unspecified atom stereocenters. The average Bonchev–Trinajstić information content (AvgIpc) is 2.64. The Morgan fingerprint density at radius 3 is 1.31 bits per heavy atom. The predicted molar refractivity (Wildman–Crippen MR) is 96.1 cm³/mol. The summed E-state index contributed by atoms with van der Waals surface area (Å²) >= 11 is 0. The Kier molecular flexibility index (Phi) is 19.1. The summed E-state index contributed by atoms with van der Waals surface area (Å²) in [5.41, 5.74) is 0. The van der Waals surface area contributed by atoms with E-state index in [4.69, 9.17) is 23.7 Å². The molecule has 0 aromatic carbocycles. The number of hydrogen-bond donors (Lipinski definition) is 2. The first-order valence-electron chi connectivity index (χ1n) is 9.06. The standard InChI is InChI=1S/C17H34N2O7/c1-3-19-17(21)5-7-23-9-11-25-13-15-26-14-12-24-10-8-22-6-4-16(20)18-2/h3-15H2,1-2H3,(H,18,20)(H,19,21). The maximum atomic E-state index is 11.2. The Balaban J connectivity index is 3.07. The van der Waals surface area contributed by atoms with E-state index in [9.17, 15) is 9.59 Å². The second kappa shape index (κ2) is 20.1. The van der Waals surface area contributed by atoms with Crippen LogP contribution in [0.5, 0.6) is 0 Å². The fourth-order valence-electron chi connectivity index (χ4n) is 1.72. The summed E-state index contributed by atoms with van der Waals surface area (Å²) in [6.07, 6.45) is 0.731. The number of rotatable bonds is 19. The van der Waals surface area contributed by atoms with Gasteiger partial charge in [-0.25, -0.2) is 0 Å². The minimum atomic E-state index is -0.0347. The third-order valence-electron chi connectivity index (χ3n) is 3.09. The maximum Gasteiger partial charge on any atom is 0.222 e. The van der Waals surface area contributed by atoms with Crippen molar-refractivity contribution in [3.05, 3.63) is 0 Å². The second-order valence-electron chi connectivity index (χ2n) is 5.19. The van der Waals surface area contributed by atoms with Crippen LogP contribution in [-0.4, -0.2) is 91.5 Å². The topological polar surface area (TPSA) is 104 Å². The first-order chi connectivity index (χ1) is 12.7. The van der Waals surface area contributed by atoms with Crippen molar-refractivity contribution in [2.45, 2.75) is 19.8 Å². The molecule has 9 heteroatoms. The lowest BCUT2D eigenvalue weighted by atomic mass is 10.4. The molecule has 0 aromatic heterocycles. The third-order valence-corrected chi connectivity index (χ3v) is 3.09. The van der Waals surface area contributed by atoms with E-state index in [2.05, 4.69) is 10.6 Å². The van der Waals surface area contributed by atoms with Crippen molar-refractivity contribution in [2.24, 2.45) is 0 Å². The summed E-state index contributed by atoms with van der Waals surface area (Å²) in [5.74, 6) is -0.0352. The van der Waals surface area contributed by atoms with Crippen molar-refractivity contribution < 1.29 is 33.3 Å². The van der Waals surface area contributed by atoms with Crippen molar-refractivity contribution in [3.63, 3.8) is 0 Å². The van der Waals surface area contributed by atoms with Gasteiger partial charge in [-0.1, -0.05) is 0 Å². The maximum absolute atomic E-state index is 11.2. The zero-order chi connectivity index (χ0) is 19.3. The van der Waals surface area contributed by atoms with E-state index in [0.717, 1.165) is 0 Å². The van der Waals surface area contributed by atoms with Crippen molar-refractivity contribution in [3.8, 4) is 0 Å². The highest BCUT2D eigenvalue weighted by Crippen LogP contribution is 1.87. The number of ether oxygens (including phenoxy) is 5. The van der Waals surface area contributed by atoms with E-state index in [1.54, 1.807) is 7.05 Å². The molecular formula is C17H34N2O7. The van der Waals surface area contributed by atoms with Gasteiger partial charge in [0.1, 0.15) is 0 Å². The van der Waals surface area contributed by atoms with Crippen molar-refractivity contribution in [1.29, 1.82) is 0 Å². The third kappa shape index (κ3) is 19.1. The molecule has 0 spiro atoms. The Morgan fingerprint density at radius 1 is 0.615 bits per heavy atom. The van der Waals surface area contributed by atoms with Crippen LogP contribution in [0.15, 0.2) is 0 Å². The van der Waals surface area contributed by atoms with E-state index in [0.29, 0.717) is 85.5 Å². The molecule has 0 bridgehead atoms. The summed E-state index contributed by atoms with van der Waals surface area (Å²) in [6, 6.07) is 0. The molecular weight excluding hydrogens is 344 g/mol. The SMILES string of the molecule is CCNC(=O)CCOCCOCCOCCOCCOCCC(=O)NC. The molecule has 2 N–H and O–H groups in total. The minimum Gasteiger partial charge on any atom is -0.379 e. The Labute approximate surface area is 156 Å². The van der Waals surface area contributed by atoms with E-state index in [1.165, 1.54) is 0 Å². The van der Waals surface area contributed by atoms with E-state index in [1.807, 2.05) is 6.92 Å². The second-order valence-corrected chi connectivity index (χ2v) is 5.19. The Hall–Kier alpha value is -1.26. The molecule has 0 aliphatic heterocycles. The van der Waals surface area contributed by atoms with Gasteiger partial charge in [-0.15, -0.1) is 0 Å². The average molecular weight is 378 g/mol. The molecule has 0 saturated carbocycles.